The number of rotatable bonds is 4. The maximum Gasteiger partial charge on any atom is 0.133 e. The van der Waals surface area contributed by atoms with Gasteiger partial charge in [-0.05, 0) is 30.7 Å². The molecule has 18 heavy (non-hydrogen) atoms. The first-order chi connectivity index (χ1) is 8.63. The van der Waals surface area contributed by atoms with Gasteiger partial charge in [-0.3, -0.25) is 0 Å². The Hall–Kier alpha value is -1.12. The lowest BCUT2D eigenvalue weighted by atomic mass is 9.88. The highest BCUT2D eigenvalue weighted by Gasteiger charge is 2.19. The van der Waals surface area contributed by atoms with Crippen molar-refractivity contribution in [1.29, 1.82) is 0 Å². The van der Waals surface area contributed by atoms with Gasteiger partial charge in [0.05, 0.1) is 5.52 Å². The van der Waals surface area contributed by atoms with Crippen molar-refractivity contribution in [3.05, 3.63) is 41.0 Å². The number of nitrogens with zero attached hydrogens (tertiary/aromatic N) is 1. The molecule has 0 spiro atoms. The smallest absolute Gasteiger partial charge is 0.133 e. The van der Waals surface area contributed by atoms with E-state index in [1.54, 1.807) is 0 Å². The van der Waals surface area contributed by atoms with Gasteiger partial charge >= 0.3 is 0 Å². The van der Waals surface area contributed by atoms with Gasteiger partial charge < -0.3 is 5.32 Å². The number of para-hydroxylation sites is 1. The summed E-state index contributed by atoms with van der Waals surface area (Å²) in [5.41, 5.74) is 2.10. The Balaban J connectivity index is 2.51. The highest BCUT2D eigenvalue weighted by atomic mass is 35.5. The Morgan fingerprint density at radius 1 is 1.28 bits per heavy atom. The molecule has 2 aromatic rings. The molecule has 0 aliphatic rings. The van der Waals surface area contributed by atoms with E-state index in [0.717, 1.165) is 23.0 Å². The first-order valence-electron chi connectivity index (χ1n) is 6.33. The van der Waals surface area contributed by atoms with Crippen LogP contribution in [0, 0.1) is 5.92 Å². The Labute approximate surface area is 113 Å². The van der Waals surface area contributed by atoms with Gasteiger partial charge in [0.1, 0.15) is 5.15 Å². The van der Waals surface area contributed by atoms with Gasteiger partial charge in [0.2, 0.25) is 0 Å². The SMILES string of the molecule is CNCC(c1cc2ccccc2nc1Cl)C(C)C. The zero-order valence-corrected chi connectivity index (χ0v) is 11.8. The molecule has 1 aromatic carbocycles. The van der Waals surface area contributed by atoms with Crippen LogP contribution in [0.2, 0.25) is 5.15 Å². The zero-order valence-electron chi connectivity index (χ0n) is 11.1. The lowest BCUT2D eigenvalue weighted by molar-refractivity contribution is 0.478. The number of likely N-dealkylation sites (N-methyl/N-ethyl adjacent to an activating group) is 1. The lowest BCUT2D eigenvalue weighted by Crippen LogP contribution is -2.22. The molecule has 1 heterocycles. The summed E-state index contributed by atoms with van der Waals surface area (Å²) in [5.74, 6) is 0.914. The molecule has 0 aliphatic carbocycles. The van der Waals surface area contributed by atoms with Crippen LogP contribution in [0.3, 0.4) is 0 Å². The molecule has 0 saturated carbocycles. The number of pyridine rings is 1. The van der Waals surface area contributed by atoms with Crippen molar-refractivity contribution in [2.24, 2.45) is 5.92 Å². The number of benzene rings is 1. The van der Waals surface area contributed by atoms with Crippen LogP contribution in [0.1, 0.15) is 25.3 Å². The number of fused-ring (bicyclic) bond motifs is 1. The van der Waals surface area contributed by atoms with Crippen molar-refractivity contribution < 1.29 is 0 Å². The minimum atomic E-state index is 0.389. The second-order valence-electron chi connectivity index (χ2n) is 4.97. The molecule has 2 nitrogen and oxygen atoms in total. The van der Waals surface area contributed by atoms with Crippen LogP contribution in [-0.2, 0) is 0 Å². The molecule has 1 aromatic heterocycles. The zero-order chi connectivity index (χ0) is 13.1. The third kappa shape index (κ3) is 2.65. The van der Waals surface area contributed by atoms with E-state index in [2.05, 4.69) is 36.3 Å². The fourth-order valence-corrected chi connectivity index (χ4v) is 2.58. The van der Waals surface area contributed by atoms with Crippen molar-refractivity contribution in [2.45, 2.75) is 19.8 Å². The molecular formula is C15H19ClN2. The molecule has 1 N–H and O–H groups in total. The number of aromatic nitrogens is 1. The van der Waals surface area contributed by atoms with Crippen molar-refractivity contribution in [3.63, 3.8) is 0 Å². The molecule has 2 rings (SSSR count). The average molecular weight is 263 g/mol. The minimum Gasteiger partial charge on any atom is -0.319 e. The molecular weight excluding hydrogens is 244 g/mol. The maximum absolute atomic E-state index is 6.34. The predicted molar refractivity (Wildman–Crippen MR) is 78.3 cm³/mol. The van der Waals surface area contributed by atoms with Crippen molar-refractivity contribution in [2.75, 3.05) is 13.6 Å². The van der Waals surface area contributed by atoms with Crippen LogP contribution >= 0.6 is 11.6 Å². The fourth-order valence-electron chi connectivity index (χ4n) is 2.29. The molecule has 0 bridgehead atoms. The summed E-state index contributed by atoms with van der Waals surface area (Å²) >= 11 is 6.34. The number of nitrogens with one attached hydrogen (secondary N) is 1. The molecule has 0 amide bonds. The summed E-state index contributed by atoms with van der Waals surface area (Å²) in [6.07, 6.45) is 0. The summed E-state index contributed by atoms with van der Waals surface area (Å²) < 4.78 is 0. The molecule has 0 radical (unpaired) electrons. The van der Waals surface area contributed by atoms with Crippen molar-refractivity contribution >= 4 is 22.5 Å². The van der Waals surface area contributed by atoms with Crippen LogP contribution in [-0.4, -0.2) is 18.6 Å². The van der Waals surface area contributed by atoms with E-state index in [9.17, 15) is 0 Å². The van der Waals surface area contributed by atoms with Crippen LogP contribution < -0.4 is 5.32 Å². The monoisotopic (exact) mass is 262 g/mol. The molecule has 0 aliphatic heterocycles. The topological polar surface area (TPSA) is 24.9 Å². The van der Waals surface area contributed by atoms with E-state index in [1.165, 1.54) is 0 Å². The Bertz CT molecular complexity index is 537. The molecule has 3 heteroatoms. The Morgan fingerprint density at radius 3 is 2.67 bits per heavy atom. The van der Waals surface area contributed by atoms with Crippen molar-refractivity contribution in [1.82, 2.24) is 10.3 Å². The molecule has 96 valence electrons. The largest absolute Gasteiger partial charge is 0.319 e. The number of halogens is 1. The maximum atomic E-state index is 6.34. The number of hydrogen-bond donors (Lipinski definition) is 1. The van der Waals surface area contributed by atoms with E-state index in [-0.39, 0.29) is 0 Å². The summed E-state index contributed by atoms with van der Waals surface area (Å²) in [6, 6.07) is 10.3. The van der Waals surface area contributed by atoms with Gasteiger partial charge in [0, 0.05) is 17.8 Å². The van der Waals surface area contributed by atoms with Crippen LogP contribution in [0.5, 0.6) is 0 Å². The fraction of sp³-hybridized carbons (Fsp3) is 0.400. The molecule has 1 atom stereocenters. The first kappa shape index (κ1) is 13.3. The number of hydrogen-bond acceptors (Lipinski definition) is 2. The summed E-state index contributed by atoms with van der Waals surface area (Å²) in [6.45, 7) is 5.35. The van der Waals surface area contributed by atoms with Gasteiger partial charge in [-0.1, -0.05) is 43.6 Å². The quantitative estimate of drug-likeness (QED) is 0.847. The van der Waals surface area contributed by atoms with Crippen LogP contribution in [0.25, 0.3) is 10.9 Å². The first-order valence-corrected chi connectivity index (χ1v) is 6.71. The standard InChI is InChI=1S/C15H19ClN2/c1-10(2)13(9-17-3)12-8-11-6-4-5-7-14(11)18-15(12)16/h4-8,10,13,17H,9H2,1-3H3. The highest BCUT2D eigenvalue weighted by Crippen LogP contribution is 2.31. The van der Waals surface area contributed by atoms with Gasteiger partial charge in [0.15, 0.2) is 0 Å². The second-order valence-corrected chi connectivity index (χ2v) is 5.33. The predicted octanol–water partition coefficient (Wildman–Crippen LogP) is 3.85. The van der Waals surface area contributed by atoms with Crippen molar-refractivity contribution in [3.8, 4) is 0 Å². The average Bonchev–Trinajstić information content (AvgIpc) is 2.35. The van der Waals surface area contributed by atoms with Crippen LogP contribution in [0.15, 0.2) is 30.3 Å². The third-order valence-corrected chi connectivity index (χ3v) is 3.64. The van der Waals surface area contributed by atoms with E-state index < -0.39 is 0 Å². The minimum absolute atomic E-state index is 0.389. The normalized spacial score (nSPS) is 13.2. The van der Waals surface area contributed by atoms with E-state index in [0.29, 0.717) is 17.0 Å². The molecule has 1 unspecified atom stereocenters. The summed E-state index contributed by atoms with van der Waals surface area (Å²) in [5, 5.41) is 5.02. The van der Waals surface area contributed by atoms with Gasteiger partial charge in [-0.25, -0.2) is 4.98 Å². The summed E-state index contributed by atoms with van der Waals surface area (Å²) in [7, 11) is 1.97. The van der Waals surface area contributed by atoms with E-state index >= 15 is 0 Å². The Morgan fingerprint density at radius 2 is 2.00 bits per heavy atom. The highest BCUT2D eigenvalue weighted by molar-refractivity contribution is 6.30. The lowest BCUT2D eigenvalue weighted by Gasteiger charge is -2.22. The summed E-state index contributed by atoms with van der Waals surface area (Å²) in [4.78, 5) is 4.50. The van der Waals surface area contributed by atoms with Gasteiger partial charge in [0.25, 0.3) is 0 Å². The van der Waals surface area contributed by atoms with Gasteiger partial charge in [-0.2, -0.15) is 0 Å². The second kappa shape index (κ2) is 5.68. The molecule has 0 fully saturated rings. The van der Waals surface area contributed by atoms with Crippen LogP contribution in [0.4, 0.5) is 0 Å². The Kier molecular flexibility index (Phi) is 4.20. The third-order valence-electron chi connectivity index (χ3n) is 3.33. The van der Waals surface area contributed by atoms with Gasteiger partial charge in [-0.15, -0.1) is 0 Å². The molecule has 0 saturated heterocycles. The van der Waals surface area contributed by atoms with E-state index in [4.69, 9.17) is 11.6 Å². The van der Waals surface area contributed by atoms with E-state index in [1.807, 2.05) is 25.2 Å².